The van der Waals surface area contributed by atoms with Crippen molar-refractivity contribution >= 4 is 15.9 Å². The SMILES string of the molecule is C=CCC(CC=C)OCCCCCCCCCCBr. The fourth-order valence-electron chi connectivity index (χ4n) is 2.11. The van der Waals surface area contributed by atoms with Crippen LogP contribution in [0.25, 0.3) is 0 Å². The van der Waals surface area contributed by atoms with E-state index in [1.54, 1.807) is 0 Å². The molecule has 0 rings (SSSR count). The summed E-state index contributed by atoms with van der Waals surface area (Å²) in [6.45, 7) is 8.41. The highest BCUT2D eigenvalue weighted by molar-refractivity contribution is 9.09. The summed E-state index contributed by atoms with van der Waals surface area (Å²) in [5.74, 6) is 0. The van der Waals surface area contributed by atoms with Crippen LogP contribution in [0.2, 0.25) is 0 Å². The summed E-state index contributed by atoms with van der Waals surface area (Å²) in [6, 6.07) is 0. The molecule has 0 aromatic carbocycles. The maximum absolute atomic E-state index is 5.83. The Morgan fingerprint density at radius 3 is 1.74 bits per heavy atom. The summed E-state index contributed by atoms with van der Waals surface area (Å²) in [6.07, 6.45) is 16.7. The van der Waals surface area contributed by atoms with Gasteiger partial charge in [-0.1, -0.05) is 66.6 Å². The van der Waals surface area contributed by atoms with Gasteiger partial charge in [-0.05, 0) is 25.7 Å². The third-order valence-electron chi connectivity index (χ3n) is 3.24. The van der Waals surface area contributed by atoms with E-state index in [4.69, 9.17) is 4.74 Å². The zero-order valence-corrected chi connectivity index (χ0v) is 14.0. The molecule has 2 heteroatoms. The smallest absolute Gasteiger partial charge is 0.0643 e. The lowest BCUT2D eigenvalue weighted by molar-refractivity contribution is 0.0547. The molecule has 0 saturated heterocycles. The van der Waals surface area contributed by atoms with Gasteiger partial charge in [0.1, 0.15) is 0 Å². The molecule has 0 spiro atoms. The van der Waals surface area contributed by atoms with E-state index in [0.717, 1.165) is 24.8 Å². The summed E-state index contributed by atoms with van der Waals surface area (Å²) in [4.78, 5) is 0. The summed E-state index contributed by atoms with van der Waals surface area (Å²) in [7, 11) is 0. The first-order valence-electron chi connectivity index (χ1n) is 7.74. The Morgan fingerprint density at radius 2 is 1.26 bits per heavy atom. The average molecular weight is 331 g/mol. The fraction of sp³-hybridized carbons (Fsp3) is 0.765. The summed E-state index contributed by atoms with van der Waals surface area (Å²) in [5.41, 5.74) is 0. The van der Waals surface area contributed by atoms with Crippen LogP contribution in [0.1, 0.15) is 64.2 Å². The normalized spacial score (nSPS) is 10.8. The topological polar surface area (TPSA) is 9.23 Å². The van der Waals surface area contributed by atoms with Crippen LogP contribution in [0.3, 0.4) is 0 Å². The number of hydrogen-bond acceptors (Lipinski definition) is 1. The first-order chi connectivity index (χ1) is 9.35. The van der Waals surface area contributed by atoms with Crippen LogP contribution in [0, 0.1) is 0 Å². The molecule has 0 fully saturated rings. The molecule has 0 radical (unpaired) electrons. The van der Waals surface area contributed by atoms with Crippen LogP contribution in [0.15, 0.2) is 25.3 Å². The third-order valence-corrected chi connectivity index (χ3v) is 3.80. The van der Waals surface area contributed by atoms with Gasteiger partial charge in [0.2, 0.25) is 0 Å². The molecule has 0 saturated carbocycles. The lowest BCUT2D eigenvalue weighted by Crippen LogP contribution is -2.11. The molecule has 0 heterocycles. The van der Waals surface area contributed by atoms with Crippen LogP contribution < -0.4 is 0 Å². The highest BCUT2D eigenvalue weighted by atomic mass is 79.9. The quantitative estimate of drug-likeness (QED) is 0.202. The van der Waals surface area contributed by atoms with E-state index >= 15 is 0 Å². The Kier molecular flexibility index (Phi) is 15.9. The van der Waals surface area contributed by atoms with Gasteiger partial charge in [-0.25, -0.2) is 0 Å². The zero-order valence-electron chi connectivity index (χ0n) is 12.4. The average Bonchev–Trinajstić information content (AvgIpc) is 2.41. The van der Waals surface area contributed by atoms with Crippen LogP contribution in [-0.2, 0) is 4.74 Å². The molecular formula is C17H31BrO. The first kappa shape index (κ1) is 18.9. The second-order valence-electron chi connectivity index (χ2n) is 5.06. The van der Waals surface area contributed by atoms with Gasteiger partial charge >= 0.3 is 0 Å². The second-order valence-corrected chi connectivity index (χ2v) is 5.85. The molecule has 0 amide bonds. The fourth-order valence-corrected chi connectivity index (χ4v) is 2.51. The molecule has 0 aromatic heterocycles. The van der Waals surface area contributed by atoms with Crippen molar-refractivity contribution in [3.05, 3.63) is 25.3 Å². The van der Waals surface area contributed by atoms with E-state index in [2.05, 4.69) is 29.1 Å². The molecule has 0 atom stereocenters. The molecule has 1 nitrogen and oxygen atoms in total. The number of ether oxygens (including phenoxy) is 1. The molecule has 19 heavy (non-hydrogen) atoms. The maximum Gasteiger partial charge on any atom is 0.0643 e. The Balaban J connectivity index is 3.24. The Bertz CT molecular complexity index is 193. The second kappa shape index (κ2) is 16.0. The van der Waals surface area contributed by atoms with Gasteiger partial charge in [0.15, 0.2) is 0 Å². The molecule has 0 aliphatic rings. The monoisotopic (exact) mass is 330 g/mol. The van der Waals surface area contributed by atoms with Crippen molar-refractivity contribution in [2.45, 2.75) is 70.3 Å². The predicted octanol–water partition coefficient (Wildman–Crippen LogP) is 6.04. The van der Waals surface area contributed by atoms with Crippen molar-refractivity contribution in [3.63, 3.8) is 0 Å². The molecule has 0 aliphatic carbocycles. The molecule has 112 valence electrons. The minimum Gasteiger partial charge on any atom is -0.378 e. The maximum atomic E-state index is 5.83. The highest BCUT2D eigenvalue weighted by Gasteiger charge is 2.04. The van der Waals surface area contributed by atoms with Gasteiger partial charge in [0.25, 0.3) is 0 Å². The van der Waals surface area contributed by atoms with Crippen molar-refractivity contribution in [2.24, 2.45) is 0 Å². The van der Waals surface area contributed by atoms with Gasteiger partial charge in [-0.15, -0.1) is 13.2 Å². The molecule has 0 bridgehead atoms. The molecule has 0 aliphatic heterocycles. The van der Waals surface area contributed by atoms with Crippen LogP contribution in [-0.4, -0.2) is 18.0 Å². The highest BCUT2D eigenvalue weighted by Crippen LogP contribution is 2.11. The Labute approximate surface area is 128 Å². The van der Waals surface area contributed by atoms with E-state index in [1.165, 1.54) is 51.4 Å². The number of halogens is 1. The van der Waals surface area contributed by atoms with Crippen molar-refractivity contribution in [3.8, 4) is 0 Å². The minimum atomic E-state index is 0.291. The van der Waals surface area contributed by atoms with Crippen molar-refractivity contribution in [2.75, 3.05) is 11.9 Å². The van der Waals surface area contributed by atoms with Crippen LogP contribution in [0.4, 0.5) is 0 Å². The van der Waals surface area contributed by atoms with Crippen molar-refractivity contribution in [1.82, 2.24) is 0 Å². The molecule has 0 unspecified atom stereocenters. The first-order valence-corrected chi connectivity index (χ1v) is 8.86. The van der Waals surface area contributed by atoms with Gasteiger partial charge in [0.05, 0.1) is 6.10 Å². The van der Waals surface area contributed by atoms with Gasteiger partial charge in [0, 0.05) is 11.9 Å². The van der Waals surface area contributed by atoms with Gasteiger partial charge in [-0.3, -0.25) is 0 Å². The van der Waals surface area contributed by atoms with Crippen LogP contribution >= 0.6 is 15.9 Å². The number of rotatable bonds is 15. The Morgan fingerprint density at radius 1 is 0.789 bits per heavy atom. The Hall–Kier alpha value is -0.0800. The predicted molar refractivity (Wildman–Crippen MR) is 90.1 cm³/mol. The number of unbranched alkanes of at least 4 members (excludes halogenated alkanes) is 7. The largest absolute Gasteiger partial charge is 0.378 e. The molecule has 0 N–H and O–H groups in total. The third kappa shape index (κ3) is 14.1. The number of hydrogen-bond donors (Lipinski definition) is 0. The summed E-state index contributed by atoms with van der Waals surface area (Å²) >= 11 is 3.47. The van der Waals surface area contributed by atoms with E-state index in [9.17, 15) is 0 Å². The minimum absolute atomic E-state index is 0.291. The molecular weight excluding hydrogens is 300 g/mol. The summed E-state index contributed by atoms with van der Waals surface area (Å²) < 4.78 is 5.83. The standard InChI is InChI=1S/C17H31BrO/c1-3-13-17(14-4-2)19-16-12-10-8-6-5-7-9-11-15-18/h3-4,17H,1-2,5-16H2. The number of alkyl halides is 1. The van der Waals surface area contributed by atoms with Crippen LogP contribution in [0.5, 0.6) is 0 Å². The lowest BCUT2D eigenvalue weighted by atomic mass is 10.1. The summed E-state index contributed by atoms with van der Waals surface area (Å²) in [5, 5.41) is 1.15. The van der Waals surface area contributed by atoms with Gasteiger partial charge in [-0.2, -0.15) is 0 Å². The van der Waals surface area contributed by atoms with E-state index in [0.29, 0.717) is 6.10 Å². The van der Waals surface area contributed by atoms with E-state index in [-0.39, 0.29) is 0 Å². The van der Waals surface area contributed by atoms with E-state index in [1.807, 2.05) is 12.2 Å². The van der Waals surface area contributed by atoms with Gasteiger partial charge < -0.3 is 4.74 Å². The molecule has 0 aromatic rings. The lowest BCUT2D eigenvalue weighted by Gasteiger charge is -2.14. The van der Waals surface area contributed by atoms with Crippen molar-refractivity contribution < 1.29 is 4.74 Å². The van der Waals surface area contributed by atoms with E-state index < -0.39 is 0 Å². The van der Waals surface area contributed by atoms with Crippen molar-refractivity contribution in [1.29, 1.82) is 0 Å². The zero-order chi connectivity index (χ0) is 14.2.